The molecule has 1 heterocycles. The van der Waals surface area contributed by atoms with Crippen molar-refractivity contribution in [3.8, 4) is 5.75 Å². The summed E-state index contributed by atoms with van der Waals surface area (Å²) in [7, 11) is 0. The molecule has 1 atom stereocenters. The number of halogens is 3. The van der Waals surface area contributed by atoms with E-state index in [0.29, 0.717) is 5.56 Å². The van der Waals surface area contributed by atoms with Crippen LogP contribution in [0.3, 0.4) is 0 Å². The number of carbonyl (C=O) groups is 5. The average Bonchev–Trinajstić information content (AvgIpc) is 3.30. The van der Waals surface area contributed by atoms with Crippen molar-refractivity contribution in [1.82, 2.24) is 10.2 Å². The van der Waals surface area contributed by atoms with Gasteiger partial charge in [0.2, 0.25) is 5.76 Å². The van der Waals surface area contributed by atoms with E-state index in [0.717, 1.165) is 0 Å². The summed E-state index contributed by atoms with van der Waals surface area (Å²) < 4.78 is 42.4. The summed E-state index contributed by atoms with van der Waals surface area (Å²) in [6, 6.07) is 6.01. The van der Waals surface area contributed by atoms with Gasteiger partial charge in [-0.1, -0.05) is 0 Å². The van der Waals surface area contributed by atoms with Crippen molar-refractivity contribution in [3.63, 3.8) is 0 Å². The number of furan rings is 1. The molecule has 1 aromatic carbocycles. The number of alkyl halides is 3. The highest BCUT2D eigenvalue weighted by molar-refractivity contribution is 5.95. The fraction of sp³-hybridized carbons (Fsp3) is 0.304. The third-order valence-electron chi connectivity index (χ3n) is 4.67. The molecule has 14 nitrogen and oxygen atoms in total. The van der Waals surface area contributed by atoms with Gasteiger partial charge in [-0.3, -0.25) is 10.2 Å². The normalized spacial score (nSPS) is 11.4. The molecule has 7 N–H and O–H groups in total. The molecule has 0 aliphatic rings. The molecule has 0 fully saturated rings. The van der Waals surface area contributed by atoms with E-state index < -0.39 is 54.6 Å². The van der Waals surface area contributed by atoms with Crippen molar-refractivity contribution in [2.75, 3.05) is 0 Å². The number of carbonyl (C=O) groups excluding carboxylic acids is 2. The number of benzene rings is 1. The monoisotopic (exact) mass is 574 g/mol. The summed E-state index contributed by atoms with van der Waals surface area (Å²) >= 11 is 0. The molecule has 2 amide bonds. The van der Waals surface area contributed by atoms with Crippen molar-refractivity contribution in [2.24, 2.45) is 5.73 Å². The third-order valence-corrected chi connectivity index (χ3v) is 4.67. The highest BCUT2D eigenvalue weighted by Gasteiger charge is 2.38. The molecule has 2 aromatic rings. The van der Waals surface area contributed by atoms with Crippen LogP contribution in [-0.4, -0.2) is 74.2 Å². The Hall–Kier alpha value is -5.09. The zero-order chi connectivity index (χ0) is 30.8. The van der Waals surface area contributed by atoms with Crippen molar-refractivity contribution in [1.29, 1.82) is 5.41 Å². The second kappa shape index (κ2) is 14.2. The number of nitrogens with two attached hydrogens (primary N) is 1. The number of ether oxygens (including phenoxy) is 1. The Morgan fingerprint density at radius 3 is 2.02 bits per heavy atom. The van der Waals surface area contributed by atoms with Gasteiger partial charge in [0.25, 0.3) is 0 Å². The lowest BCUT2D eigenvalue weighted by Gasteiger charge is -2.27. The van der Waals surface area contributed by atoms with Crippen molar-refractivity contribution < 1.29 is 61.6 Å². The van der Waals surface area contributed by atoms with Gasteiger partial charge in [0.15, 0.2) is 0 Å². The van der Waals surface area contributed by atoms with Crippen molar-refractivity contribution in [2.45, 2.75) is 45.1 Å². The van der Waals surface area contributed by atoms with Crippen LogP contribution in [-0.2, 0) is 20.9 Å². The zero-order valence-electron chi connectivity index (χ0n) is 20.9. The molecular weight excluding hydrogens is 549 g/mol. The summed E-state index contributed by atoms with van der Waals surface area (Å²) in [6.07, 6.45) is -5.86. The molecular formula is C23H25F3N4O10. The number of nitrogen functional groups attached to an aromatic ring is 1. The zero-order valence-corrected chi connectivity index (χ0v) is 20.9. The number of carboxylic acids is 3. The van der Waals surface area contributed by atoms with Crippen LogP contribution >= 0.6 is 0 Å². The second-order valence-electron chi connectivity index (χ2n) is 8.06. The van der Waals surface area contributed by atoms with Gasteiger partial charge >= 0.3 is 36.1 Å². The molecule has 40 heavy (non-hydrogen) atoms. The van der Waals surface area contributed by atoms with Gasteiger partial charge in [0.1, 0.15) is 23.4 Å². The Balaban J connectivity index is 0.00000101. The molecule has 0 bridgehead atoms. The van der Waals surface area contributed by atoms with Gasteiger partial charge in [0.05, 0.1) is 13.0 Å². The number of rotatable bonds is 10. The van der Waals surface area contributed by atoms with E-state index in [1.54, 1.807) is 13.8 Å². The van der Waals surface area contributed by atoms with Crippen LogP contribution in [0.15, 0.2) is 40.8 Å². The molecule has 0 radical (unpaired) electrons. The SMILES string of the molecule is CC(C)N(Cc1ccc(C(=O)Oc2ccc(C(=N)N)cc2)o1)C(=O)N[C@@H](CC(=O)O)C(=O)O.O=C(O)C(F)(F)F. The summed E-state index contributed by atoms with van der Waals surface area (Å²) in [6.45, 7) is 3.24. The fourth-order valence-corrected chi connectivity index (χ4v) is 2.70. The van der Waals surface area contributed by atoms with Crippen molar-refractivity contribution >= 4 is 35.7 Å². The molecule has 0 unspecified atom stereocenters. The quantitative estimate of drug-likeness (QED) is 0.104. The first kappa shape index (κ1) is 32.9. The molecule has 2 rings (SSSR count). The molecule has 0 aliphatic carbocycles. The van der Waals surface area contributed by atoms with Crippen LogP contribution in [0, 0.1) is 5.41 Å². The molecule has 0 spiro atoms. The van der Waals surface area contributed by atoms with E-state index in [4.69, 9.17) is 40.4 Å². The number of esters is 1. The first-order chi connectivity index (χ1) is 18.4. The minimum atomic E-state index is -5.08. The minimum absolute atomic E-state index is 0.108. The summed E-state index contributed by atoms with van der Waals surface area (Å²) in [5.41, 5.74) is 5.84. The van der Waals surface area contributed by atoms with Gasteiger partial charge in [-0.25, -0.2) is 19.2 Å². The van der Waals surface area contributed by atoms with Crippen LogP contribution in [0.1, 0.15) is 42.1 Å². The van der Waals surface area contributed by atoms with Gasteiger partial charge in [-0.05, 0) is 50.2 Å². The van der Waals surface area contributed by atoms with E-state index in [-0.39, 0.29) is 29.7 Å². The number of nitrogens with zero attached hydrogens (tertiary/aromatic N) is 1. The van der Waals surface area contributed by atoms with E-state index >= 15 is 0 Å². The van der Waals surface area contributed by atoms with Gasteiger partial charge in [-0.15, -0.1) is 0 Å². The molecule has 0 saturated heterocycles. The predicted molar refractivity (Wildman–Crippen MR) is 128 cm³/mol. The highest BCUT2D eigenvalue weighted by Crippen LogP contribution is 2.18. The van der Waals surface area contributed by atoms with Gasteiger partial charge in [0, 0.05) is 11.6 Å². The van der Waals surface area contributed by atoms with Crippen LogP contribution in [0.4, 0.5) is 18.0 Å². The lowest BCUT2D eigenvalue weighted by atomic mass is 10.2. The minimum Gasteiger partial charge on any atom is -0.481 e. The highest BCUT2D eigenvalue weighted by atomic mass is 19.4. The van der Waals surface area contributed by atoms with Crippen molar-refractivity contribution in [3.05, 3.63) is 53.5 Å². The standard InChI is InChI=1S/C21H24N4O8.C2HF3O2/c1-11(2)25(21(31)24-15(19(28)29)9-17(26)27)10-14-7-8-16(32-14)20(30)33-13-5-3-12(4-6-13)18(22)23;3-2(4,5)1(6)7/h3-8,11,15H,9-10H2,1-2H3,(H3,22,23)(H,24,31)(H,26,27)(H,28,29);(H,6,7)/t15-;/m0./s1. The topological polar surface area (TPSA) is 234 Å². The van der Waals surface area contributed by atoms with E-state index in [1.807, 2.05) is 0 Å². The number of amides is 2. The van der Waals surface area contributed by atoms with Gasteiger partial charge in [-0.2, -0.15) is 13.2 Å². The third kappa shape index (κ3) is 10.7. The first-order valence-corrected chi connectivity index (χ1v) is 11.0. The largest absolute Gasteiger partial charge is 0.490 e. The van der Waals surface area contributed by atoms with Gasteiger partial charge < -0.3 is 40.4 Å². The van der Waals surface area contributed by atoms with Crippen LogP contribution in [0.2, 0.25) is 0 Å². The molecule has 0 saturated carbocycles. The first-order valence-electron chi connectivity index (χ1n) is 11.0. The number of hydrogen-bond acceptors (Lipinski definition) is 8. The molecule has 218 valence electrons. The number of aliphatic carboxylic acids is 3. The van der Waals surface area contributed by atoms with E-state index in [9.17, 15) is 32.3 Å². The average molecular weight is 574 g/mol. The number of amidine groups is 1. The number of carboxylic acid groups (broad SMARTS) is 3. The lowest BCUT2D eigenvalue weighted by molar-refractivity contribution is -0.192. The summed E-state index contributed by atoms with van der Waals surface area (Å²) in [5.74, 6) is -6.21. The Morgan fingerprint density at radius 1 is 1.05 bits per heavy atom. The maximum atomic E-state index is 12.5. The van der Waals surface area contributed by atoms with Crippen LogP contribution in [0.5, 0.6) is 5.75 Å². The Bertz CT molecular complexity index is 1240. The second-order valence-corrected chi connectivity index (χ2v) is 8.06. The molecule has 17 heteroatoms. The summed E-state index contributed by atoms with van der Waals surface area (Å²) in [4.78, 5) is 57.0. The van der Waals surface area contributed by atoms with Crippen LogP contribution < -0.4 is 15.8 Å². The number of urea groups is 1. The Morgan fingerprint density at radius 2 is 1.60 bits per heavy atom. The van der Waals surface area contributed by atoms with E-state index in [2.05, 4.69) is 5.32 Å². The lowest BCUT2D eigenvalue weighted by Crippen LogP contribution is -2.50. The fourth-order valence-electron chi connectivity index (χ4n) is 2.70. The maximum absolute atomic E-state index is 12.5. The number of nitrogens with one attached hydrogen (secondary N) is 2. The Labute approximate surface area is 223 Å². The predicted octanol–water partition coefficient (Wildman–Crippen LogP) is 2.26. The molecule has 1 aromatic heterocycles. The van der Waals surface area contributed by atoms with Crippen LogP contribution in [0.25, 0.3) is 0 Å². The Kier molecular flexibility index (Phi) is 11.7. The number of hydrogen-bond donors (Lipinski definition) is 6. The molecule has 0 aliphatic heterocycles. The van der Waals surface area contributed by atoms with E-state index in [1.165, 1.54) is 41.3 Å². The maximum Gasteiger partial charge on any atom is 0.490 e. The summed E-state index contributed by atoms with van der Waals surface area (Å²) in [5, 5.41) is 34.6. The smallest absolute Gasteiger partial charge is 0.481 e.